The van der Waals surface area contributed by atoms with Crippen molar-refractivity contribution in [1.82, 2.24) is 10.2 Å². The van der Waals surface area contributed by atoms with E-state index in [1.54, 1.807) is 18.9 Å². The molecule has 1 rings (SSSR count). The second-order valence-electron chi connectivity index (χ2n) is 4.61. The summed E-state index contributed by atoms with van der Waals surface area (Å²) in [6.45, 7) is 5.07. The highest BCUT2D eigenvalue weighted by Gasteiger charge is 2.36. The van der Waals surface area contributed by atoms with Gasteiger partial charge in [0.2, 0.25) is 5.91 Å². The number of likely N-dealkylation sites (N-methyl/N-ethyl adjacent to an activating group) is 1. The van der Waals surface area contributed by atoms with Gasteiger partial charge < -0.3 is 20.1 Å². The molecule has 6 heteroatoms. The summed E-state index contributed by atoms with van der Waals surface area (Å²) in [6, 6.07) is -0.276. The highest BCUT2D eigenvalue weighted by atomic mass is 16.5. The van der Waals surface area contributed by atoms with Crippen LogP contribution in [0.15, 0.2) is 0 Å². The smallest absolute Gasteiger partial charge is 0.305 e. The van der Waals surface area contributed by atoms with Crippen LogP contribution in [0, 0.1) is 5.92 Å². The highest BCUT2D eigenvalue weighted by molar-refractivity contribution is 5.81. The summed E-state index contributed by atoms with van der Waals surface area (Å²) in [6.07, 6.45) is -0.0304. The number of hydrogen-bond donors (Lipinski definition) is 2. The standard InChI is InChI=1S/C12H22N2O4/c1-4-14(8(2)5-11(15)16)12(17)9-6-18-7-10(9)13-3/h8-10,13H,4-7H2,1-3H3,(H,15,16). The number of carboxylic acid groups (broad SMARTS) is 1. The van der Waals surface area contributed by atoms with E-state index < -0.39 is 5.97 Å². The Balaban J connectivity index is 2.69. The summed E-state index contributed by atoms with van der Waals surface area (Å²) in [5.41, 5.74) is 0. The number of rotatable bonds is 6. The van der Waals surface area contributed by atoms with Crippen molar-refractivity contribution >= 4 is 11.9 Å². The molecule has 3 atom stereocenters. The second-order valence-corrected chi connectivity index (χ2v) is 4.61. The third kappa shape index (κ3) is 3.43. The van der Waals surface area contributed by atoms with Crippen molar-refractivity contribution in [1.29, 1.82) is 0 Å². The van der Waals surface area contributed by atoms with Crippen molar-refractivity contribution in [2.75, 3.05) is 26.8 Å². The predicted molar refractivity (Wildman–Crippen MR) is 66.3 cm³/mol. The van der Waals surface area contributed by atoms with Crippen molar-refractivity contribution in [2.45, 2.75) is 32.4 Å². The molecular formula is C12H22N2O4. The molecule has 1 aliphatic rings. The van der Waals surface area contributed by atoms with E-state index in [0.29, 0.717) is 19.8 Å². The maximum Gasteiger partial charge on any atom is 0.305 e. The van der Waals surface area contributed by atoms with Gasteiger partial charge in [0.1, 0.15) is 0 Å². The fourth-order valence-electron chi connectivity index (χ4n) is 2.34. The first kappa shape index (κ1) is 14.9. The molecule has 0 bridgehead atoms. The first-order chi connectivity index (χ1) is 8.51. The van der Waals surface area contributed by atoms with E-state index in [4.69, 9.17) is 9.84 Å². The molecule has 1 heterocycles. The number of nitrogens with zero attached hydrogens (tertiary/aromatic N) is 1. The minimum Gasteiger partial charge on any atom is -0.481 e. The van der Waals surface area contributed by atoms with Crippen molar-refractivity contribution in [3.8, 4) is 0 Å². The van der Waals surface area contributed by atoms with E-state index in [-0.39, 0.29) is 30.3 Å². The van der Waals surface area contributed by atoms with E-state index in [0.717, 1.165) is 0 Å². The predicted octanol–water partition coefficient (Wildman–Crippen LogP) is -0.0675. The first-order valence-corrected chi connectivity index (χ1v) is 6.28. The van der Waals surface area contributed by atoms with Crippen LogP contribution in [0.5, 0.6) is 0 Å². The molecular weight excluding hydrogens is 236 g/mol. The van der Waals surface area contributed by atoms with Gasteiger partial charge in [-0.2, -0.15) is 0 Å². The Morgan fingerprint density at radius 3 is 2.67 bits per heavy atom. The molecule has 1 saturated heterocycles. The molecule has 2 N–H and O–H groups in total. The second kappa shape index (κ2) is 6.70. The molecule has 0 aromatic rings. The van der Waals surface area contributed by atoms with Gasteiger partial charge in [0.15, 0.2) is 0 Å². The third-order valence-corrected chi connectivity index (χ3v) is 3.39. The van der Waals surface area contributed by atoms with Gasteiger partial charge in [-0.1, -0.05) is 0 Å². The number of carbonyl (C=O) groups excluding carboxylic acids is 1. The van der Waals surface area contributed by atoms with Gasteiger partial charge in [-0.3, -0.25) is 9.59 Å². The van der Waals surface area contributed by atoms with Crippen LogP contribution in [0.4, 0.5) is 0 Å². The summed E-state index contributed by atoms with van der Waals surface area (Å²) in [7, 11) is 1.80. The minimum atomic E-state index is -0.887. The van der Waals surface area contributed by atoms with Gasteiger partial charge in [-0.25, -0.2) is 0 Å². The number of hydrogen-bond acceptors (Lipinski definition) is 4. The highest BCUT2D eigenvalue weighted by Crippen LogP contribution is 2.18. The molecule has 1 fully saturated rings. The number of carbonyl (C=O) groups is 2. The van der Waals surface area contributed by atoms with E-state index >= 15 is 0 Å². The molecule has 0 saturated carbocycles. The lowest BCUT2D eigenvalue weighted by Gasteiger charge is -2.30. The Bertz CT molecular complexity index is 308. The Labute approximate surface area is 107 Å². The van der Waals surface area contributed by atoms with Crippen molar-refractivity contribution in [3.05, 3.63) is 0 Å². The van der Waals surface area contributed by atoms with Crippen molar-refractivity contribution < 1.29 is 19.4 Å². The molecule has 1 aliphatic heterocycles. The molecule has 1 amide bonds. The van der Waals surface area contributed by atoms with Crippen LogP contribution in [0.3, 0.4) is 0 Å². The fraction of sp³-hybridized carbons (Fsp3) is 0.833. The Morgan fingerprint density at radius 2 is 2.17 bits per heavy atom. The van der Waals surface area contributed by atoms with Crippen LogP contribution in [-0.2, 0) is 14.3 Å². The normalized spacial score (nSPS) is 24.8. The molecule has 0 aliphatic carbocycles. The van der Waals surface area contributed by atoms with Gasteiger partial charge in [0, 0.05) is 18.6 Å². The quantitative estimate of drug-likeness (QED) is 0.697. The summed E-state index contributed by atoms with van der Waals surface area (Å²) in [5.74, 6) is -1.13. The zero-order valence-electron chi connectivity index (χ0n) is 11.2. The average molecular weight is 258 g/mol. The number of carboxylic acids is 1. The van der Waals surface area contributed by atoms with Crippen LogP contribution in [-0.4, -0.2) is 60.8 Å². The van der Waals surface area contributed by atoms with Crippen LogP contribution in [0.25, 0.3) is 0 Å². The molecule has 0 aromatic heterocycles. The molecule has 0 spiro atoms. The van der Waals surface area contributed by atoms with Gasteiger partial charge in [-0.05, 0) is 20.9 Å². The molecule has 0 radical (unpaired) electrons. The Hall–Kier alpha value is -1.14. The van der Waals surface area contributed by atoms with Gasteiger partial charge in [-0.15, -0.1) is 0 Å². The molecule has 0 aromatic carbocycles. The van der Waals surface area contributed by atoms with E-state index in [1.165, 1.54) is 0 Å². The zero-order valence-corrected chi connectivity index (χ0v) is 11.2. The topological polar surface area (TPSA) is 78.9 Å². The summed E-state index contributed by atoms with van der Waals surface area (Å²) < 4.78 is 5.31. The zero-order chi connectivity index (χ0) is 13.7. The lowest BCUT2D eigenvalue weighted by atomic mass is 10.0. The molecule has 104 valence electrons. The lowest BCUT2D eigenvalue weighted by molar-refractivity contribution is -0.142. The fourth-order valence-corrected chi connectivity index (χ4v) is 2.34. The van der Waals surface area contributed by atoms with Gasteiger partial charge in [0.05, 0.1) is 25.6 Å². The number of nitrogens with one attached hydrogen (secondary N) is 1. The molecule has 18 heavy (non-hydrogen) atoms. The Morgan fingerprint density at radius 1 is 1.50 bits per heavy atom. The molecule has 6 nitrogen and oxygen atoms in total. The van der Waals surface area contributed by atoms with Crippen molar-refractivity contribution in [3.63, 3.8) is 0 Å². The summed E-state index contributed by atoms with van der Waals surface area (Å²) in [4.78, 5) is 24.7. The van der Waals surface area contributed by atoms with E-state index in [9.17, 15) is 9.59 Å². The van der Waals surface area contributed by atoms with Gasteiger partial charge in [0.25, 0.3) is 0 Å². The minimum absolute atomic E-state index is 0.0172. The maximum atomic E-state index is 12.4. The van der Waals surface area contributed by atoms with Crippen LogP contribution in [0.2, 0.25) is 0 Å². The monoisotopic (exact) mass is 258 g/mol. The number of ether oxygens (including phenoxy) is 1. The summed E-state index contributed by atoms with van der Waals surface area (Å²) in [5, 5.41) is 11.9. The average Bonchev–Trinajstić information content (AvgIpc) is 2.76. The van der Waals surface area contributed by atoms with E-state index in [2.05, 4.69) is 5.32 Å². The van der Waals surface area contributed by atoms with Gasteiger partial charge >= 0.3 is 5.97 Å². The summed E-state index contributed by atoms with van der Waals surface area (Å²) >= 11 is 0. The number of aliphatic carboxylic acids is 1. The van der Waals surface area contributed by atoms with E-state index in [1.807, 2.05) is 6.92 Å². The van der Waals surface area contributed by atoms with Crippen LogP contribution < -0.4 is 5.32 Å². The largest absolute Gasteiger partial charge is 0.481 e. The van der Waals surface area contributed by atoms with Crippen LogP contribution >= 0.6 is 0 Å². The lowest BCUT2D eigenvalue weighted by Crippen LogP contribution is -2.48. The number of amides is 1. The SMILES string of the molecule is CCN(C(=O)C1COCC1NC)C(C)CC(=O)O. The van der Waals surface area contributed by atoms with Crippen LogP contribution in [0.1, 0.15) is 20.3 Å². The molecule has 3 unspecified atom stereocenters. The third-order valence-electron chi connectivity index (χ3n) is 3.39. The first-order valence-electron chi connectivity index (χ1n) is 6.28. The Kier molecular flexibility index (Phi) is 5.55. The van der Waals surface area contributed by atoms with Crippen molar-refractivity contribution in [2.24, 2.45) is 5.92 Å². The maximum absolute atomic E-state index is 12.4.